The molecule has 0 aromatic heterocycles. The van der Waals surface area contributed by atoms with Crippen molar-refractivity contribution in [2.45, 2.75) is 44.3 Å². The molecule has 1 aromatic rings. The number of rotatable bonds is 4. The number of nitrogens with zero attached hydrogens (tertiary/aromatic N) is 1. The fraction of sp³-hybridized carbons (Fsp3) is 0.529. The summed E-state index contributed by atoms with van der Waals surface area (Å²) in [6.07, 6.45) is -5.42. The average molecular weight is 390 g/mol. The van der Waals surface area contributed by atoms with E-state index in [1.54, 1.807) is 32.8 Å². The smallest absolute Gasteiger partial charge is 0.346 e. The Bertz CT molecular complexity index is 734. The largest absolute Gasteiger partial charge is 0.419 e. The van der Waals surface area contributed by atoms with Gasteiger partial charge in [0.15, 0.2) is 0 Å². The molecule has 0 radical (unpaired) electrons. The van der Waals surface area contributed by atoms with E-state index in [4.69, 9.17) is 0 Å². The highest BCUT2D eigenvalue weighted by atomic mass is 19.4. The number of carbonyl (C=O) groups excluding carboxylic acids is 2. The van der Waals surface area contributed by atoms with Gasteiger partial charge in [0, 0.05) is 0 Å². The zero-order valence-corrected chi connectivity index (χ0v) is 15.4. The predicted octanol–water partition coefficient (Wildman–Crippen LogP) is 1.52. The Morgan fingerprint density at radius 1 is 1.26 bits per heavy atom. The monoisotopic (exact) mass is 390 g/mol. The van der Waals surface area contributed by atoms with E-state index in [0.29, 0.717) is 6.07 Å². The average Bonchev–Trinajstić information content (AvgIpc) is 2.52. The maximum absolute atomic E-state index is 13.9. The summed E-state index contributed by atoms with van der Waals surface area (Å²) in [4.78, 5) is 26.0. The number of nitrogens with one attached hydrogen (secondary N) is 3. The standard InChI is InChI=1S/C17H22F4N4O2/c1-16(2,9-5-6-10(11(18)7-9)17(19,20)21)24-14(27)12-8-13(26)23-15(22-12)25(3)4/h5-7,12,15,22H,8H2,1-4H3,(H,23,26)(H,24,27). The number of benzene rings is 1. The molecule has 10 heteroatoms. The predicted molar refractivity (Wildman–Crippen MR) is 89.7 cm³/mol. The van der Waals surface area contributed by atoms with Gasteiger partial charge in [-0.1, -0.05) is 6.07 Å². The van der Waals surface area contributed by atoms with E-state index in [0.717, 1.165) is 12.1 Å². The molecule has 3 N–H and O–H groups in total. The van der Waals surface area contributed by atoms with E-state index in [-0.39, 0.29) is 17.9 Å². The molecule has 0 bridgehead atoms. The molecule has 2 atom stereocenters. The molecule has 1 aromatic carbocycles. The van der Waals surface area contributed by atoms with Crippen LogP contribution in [0.2, 0.25) is 0 Å². The van der Waals surface area contributed by atoms with Crippen LogP contribution in [0, 0.1) is 5.82 Å². The van der Waals surface area contributed by atoms with Crippen molar-refractivity contribution in [1.82, 2.24) is 20.9 Å². The van der Waals surface area contributed by atoms with Crippen molar-refractivity contribution in [1.29, 1.82) is 0 Å². The molecular weight excluding hydrogens is 368 g/mol. The maximum Gasteiger partial charge on any atom is 0.419 e. The second kappa shape index (κ2) is 7.43. The van der Waals surface area contributed by atoms with Crippen LogP contribution in [-0.4, -0.2) is 43.1 Å². The van der Waals surface area contributed by atoms with Gasteiger partial charge in [0.05, 0.1) is 23.6 Å². The van der Waals surface area contributed by atoms with Crippen LogP contribution < -0.4 is 16.0 Å². The molecule has 2 unspecified atom stereocenters. The molecule has 0 aliphatic carbocycles. The summed E-state index contributed by atoms with van der Waals surface area (Å²) in [5, 5.41) is 8.28. The molecule has 1 fully saturated rings. The van der Waals surface area contributed by atoms with Crippen LogP contribution in [0.4, 0.5) is 17.6 Å². The van der Waals surface area contributed by atoms with Gasteiger partial charge in [-0.05, 0) is 45.6 Å². The Kier molecular flexibility index (Phi) is 5.81. The van der Waals surface area contributed by atoms with Gasteiger partial charge in [0.25, 0.3) is 0 Å². The number of hydrogen-bond donors (Lipinski definition) is 3. The van der Waals surface area contributed by atoms with E-state index < -0.39 is 41.3 Å². The molecule has 1 aliphatic rings. The van der Waals surface area contributed by atoms with E-state index in [9.17, 15) is 27.2 Å². The minimum Gasteiger partial charge on any atom is -0.346 e. The Morgan fingerprint density at radius 3 is 2.41 bits per heavy atom. The van der Waals surface area contributed by atoms with Gasteiger partial charge in [-0.15, -0.1) is 0 Å². The fourth-order valence-corrected chi connectivity index (χ4v) is 2.74. The summed E-state index contributed by atoms with van der Waals surface area (Å²) < 4.78 is 52.0. The van der Waals surface area contributed by atoms with Crippen LogP contribution in [0.15, 0.2) is 18.2 Å². The number of amides is 2. The first-order chi connectivity index (χ1) is 12.3. The van der Waals surface area contributed by atoms with Crippen molar-refractivity contribution in [3.63, 3.8) is 0 Å². The molecule has 1 saturated heterocycles. The van der Waals surface area contributed by atoms with E-state index in [1.807, 2.05) is 0 Å². The fourth-order valence-electron chi connectivity index (χ4n) is 2.74. The molecule has 0 spiro atoms. The Morgan fingerprint density at radius 2 is 1.89 bits per heavy atom. The number of hydrogen-bond acceptors (Lipinski definition) is 4. The first-order valence-corrected chi connectivity index (χ1v) is 8.22. The van der Waals surface area contributed by atoms with Crippen LogP contribution in [0.1, 0.15) is 31.4 Å². The van der Waals surface area contributed by atoms with Gasteiger partial charge in [0.1, 0.15) is 12.1 Å². The van der Waals surface area contributed by atoms with Gasteiger partial charge in [-0.25, -0.2) is 4.39 Å². The van der Waals surface area contributed by atoms with Crippen molar-refractivity contribution in [2.24, 2.45) is 0 Å². The van der Waals surface area contributed by atoms with Gasteiger partial charge < -0.3 is 10.6 Å². The minimum atomic E-state index is -4.80. The van der Waals surface area contributed by atoms with Gasteiger partial charge in [0.2, 0.25) is 11.8 Å². The zero-order chi connectivity index (χ0) is 20.6. The van der Waals surface area contributed by atoms with Crippen molar-refractivity contribution in [3.05, 3.63) is 35.1 Å². The van der Waals surface area contributed by atoms with Crippen molar-refractivity contribution in [3.8, 4) is 0 Å². The lowest BCUT2D eigenvalue weighted by Gasteiger charge is -2.36. The third-order valence-corrected chi connectivity index (χ3v) is 4.31. The molecule has 1 heterocycles. The van der Waals surface area contributed by atoms with E-state index in [2.05, 4.69) is 16.0 Å². The third kappa shape index (κ3) is 4.95. The Labute approximate surface area is 154 Å². The van der Waals surface area contributed by atoms with E-state index >= 15 is 0 Å². The molecule has 0 saturated carbocycles. The Hall–Kier alpha value is -2.20. The molecule has 2 rings (SSSR count). The lowest BCUT2D eigenvalue weighted by atomic mass is 9.92. The molecule has 27 heavy (non-hydrogen) atoms. The summed E-state index contributed by atoms with van der Waals surface area (Å²) in [7, 11) is 3.43. The highest BCUT2D eigenvalue weighted by Crippen LogP contribution is 2.33. The Balaban J connectivity index is 2.16. The summed E-state index contributed by atoms with van der Waals surface area (Å²) in [6, 6.07) is 1.69. The quantitative estimate of drug-likeness (QED) is 0.682. The van der Waals surface area contributed by atoms with Crippen molar-refractivity contribution >= 4 is 11.8 Å². The zero-order valence-electron chi connectivity index (χ0n) is 15.4. The van der Waals surface area contributed by atoms with Crippen LogP contribution in [0.5, 0.6) is 0 Å². The second-order valence-corrected chi connectivity index (χ2v) is 7.16. The summed E-state index contributed by atoms with van der Waals surface area (Å²) >= 11 is 0. The molecule has 6 nitrogen and oxygen atoms in total. The minimum absolute atomic E-state index is 0.0897. The normalized spacial score (nSPS) is 21.1. The van der Waals surface area contributed by atoms with Gasteiger partial charge >= 0.3 is 6.18 Å². The van der Waals surface area contributed by atoms with Gasteiger partial charge in [-0.3, -0.25) is 19.8 Å². The SMILES string of the molecule is CN(C)C1NC(=O)CC(C(=O)NC(C)(C)c2ccc(C(F)(F)F)c(F)c2)N1. The summed E-state index contributed by atoms with van der Waals surface area (Å²) in [6.45, 7) is 3.08. The lowest BCUT2D eigenvalue weighted by Crippen LogP contribution is -2.66. The first kappa shape index (κ1) is 21.1. The van der Waals surface area contributed by atoms with Crippen LogP contribution in [0.3, 0.4) is 0 Å². The van der Waals surface area contributed by atoms with Crippen LogP contribution in [-0.2, 0) is 21.3 Å². The third-order valence-electron chi connectivity index (χ3n) is 4.31. The molecule has 1 aliphatic heterocycles. The molecule has 150 valence electrons. The number of alkyl halides is 3. The second-order valence-electron chi connectivity index (χ2n) is 7.16. The van der Waals surface area contributed by atoms with Gasteiger partial charge in [-0.2, -0.15) is 13.2 Å². The number of halogens is 4. The summed E-state index contributed by atoms with van der Waals surface area (Å²) in [5.41, 5.74) is -2.34. The highest BCUT2D eigenvalue weighted by molar-refractivity contribution is 5.90. The van der Waals surface area contributed by atoms with Crippen molar-refractivity contribution < 1.29 is 27.2 Å². The number of carbonyl (C=O) groups is 2. The topological polar surface area (TPSA) is 73.5 Å². The maximum atomic E-state index is 13.9. The molecule has 2 amide bonds. The van der Waals surface area contributed by atoms with Crippen molar-refractivity contribution in [2.75, 3.05) is 14.1 Å². The van der Waals surface area contributed by atoms with Crippen LogP contribution >= 0.6 is 0 Å². The molecular formula is C17H22F4N4O2. The highest BCUT2D eigenvalue weighted by Gasteiger charge is 2.37. The van der Waals surface area contributed by atoms with Crippen LogP contribution in [0.25, 0.3) is 0 Å². The van der Waals surface area contributed by atoms with E-state index in [1.165, 1.54) is 0 Å². The summed E-state index contributed by atoms with van der Waals surface area (Å²) in [5.74, 6) is -2.24. The first-order valence-electron chi connectivity index (χ1n) is 8.22. The lowest BCUT2D eigenvalue weighted by molar-refractivity contribution is -0.140.